The standard InChI is InChI=1S/C20H23NO5/c1-3-25-20(23)13-18(15-8-7-11-17(12-15)24-2)21-19(22)14-26-16-9-5-4-6-10-16/h4-12,18H,3,13-14H2,1-2H3,(H,21,22)/t18-/m1/s1. The minimum absolute atomic E-state index is 0.0259. The number of benzene rings is 2. The maximum Gasteiger partial charge on any atom is 0.308 e. The van der Waals surface area contributed by atoms with Gasteiger partial charge in [0.25, 0.3) is 5.91 Å². The molecule has 0 fully saturated rings. The van der Waals surface area contributed by atoms with Crippen molar-refractivity contribution in [1.82, 2.24) is 5.32 Å². The van der Waals surface area contributed by atoms with Crippen molar-refractivity contribution in [2.75, 3.05) is 20.3 Å². The summed E-state index contributed by atoms with van der Waals surface area (Å²) >= 11 is 0. The van der Waals surface area contributed by atoms with Crippen LogP contribution >= 0.6 is 0 Å². The Morgan fingerprint density at radius 3 is 2.46 bits per heavy atom. The fourth-order valence-electron chi connectivity index (χ4n) is 2.40. The fraction of sp³-hybridized carbons (Fsp3) is 0.300. The van der Waals surface area contributed by atoms with Gasteiger partial charge in [0.15, 0.2) is 6.61 Å². The van der Waals surface area contributed by atoms with Gasteiger partial charge in [-0.25, -0.2) is 0 Å². The summed E-state index contributed by atoms with van der Waals surface area (Å²) in [5, 5.41) is 2.82. The van der Waals surface area contributed by atoms with Gasteiger partial charge in [-0.15, -0.1) is 0 Å². The van der Waals surface area contributed by atoms with Crippen molar-refractivity contribution in [3.8, 4) is 11.5 Å². The molecule has 0 heterocycles. The summed E-state index contributed by atoms with van der Waals surface area (Å²) in [6, 6.07) is 15.7. The number of amides is 1. The Bertz CT molecular complexity index is 717. The number of ether oxygens (including phenoxy) is 3. The zero-order chi connectivity index (χ0) is 18.8. The molecule has 0 aromatic heterocycles. The molecule has 0 aliphatic heterocycles. The number of carbonyl (C=O) groups is 2. The number of nitrogens with one attached hydrogen (secondary N) is 1. The van der Waals surface area contributed by atoms with Gasteiger partial charge in [0.2, 0.25) is 0 Å². The number of para-hydroxylation sites is 1. The van der Waals surface area contributed by atoms with Crippen LogP contribution in [0.1, 0.15) is 24.9 Å². The Hall–Kier alpha value is -3.02. The SMILES string of the molecule is CCOC(=O)C[C@@H](NC(=O)COc1ccccc1)c1cccc(OC)c1. The third kappa shape index (κ3) is 6.12. The minimum atomic E-state index is -0.531. The van der Waals surface area contributed by atoms with Crippen molar-refractivity contribution in [2.24, 2.45) is 0 Å². The molecule has 26 heavy (non-hydrogen) atoms. The second-order valence-electron chi connectivity index (χ2n) is 5.51. The lowest BCUT2D eigenvalue weighted by Crippen LogP contribution is -2.34. The van der Waals surface area contributed by atoms with E-state index in [0.717, 1.165) is 5.56 Å². The third-order valence-corrected chi connectivity index (χ3v) is 3.62. The van der Waals surface area contributed by atoms with E-state index in [1.807, 2.05) is 24.3 Å². The molecule has 0 bridgehead atoms. The number of hydrogen-bond acceptors (Lipinski definition) is 5. The van der Waals surface area contributed by atoms with Gasteiger partial charge >= 0.3 is 5.97 Å². The molecule has 0 saturated carbocycles. The van der Waals surface area contributed by atoms with E-state index in [1.165, 1.54) is 0 Å². The molecule has 0 radical (unpaired) electrons. The van der Waals surface area contributed by atoms with Crippen LogP contribution in [-0.4, -0.2) is 32.2 Å². The summed E-state index contributed by atoms with van der Waals surface area (Å²) in [7, 11) is 1.56. The second kappa shape index (κ2) is 10.1. The topological polar surface area (TPSA) is 73.9 Å². The first-order valence-corrected chi connectivity index (χ1v) is 8.39. The molecule has 2 rings (SSSR count). The number of hydrogen-bond donors (Lipinski definition) is 1. The van der Waals surface area contributed by atoms with Crippen LogP contribution in [0.25, 0.3) is 0 Å². The second-order valence-corrected chi connectivity index (χ2v) is 5.51. The molecule has 6 nitrogen and oxygen atoms in total. The first-order chi connectivity index (χ1) is 12.6. The summed E-state index contributed by atoms with van der Waals surface area (Å²) < 4.78 is 15.7. The van der Waals surface area contributed by atoms with Crippen LogP contribution < -0.4 is 14.8 Å². The van der Waals surface area contributed by atoms with E-state index in [1.54, 1.807) is 44.4 Å². The van der Waals surface area contributed by atoms with Gasteiger partial charge in [0.1, 0.15) is 11.5 Å². The van der Waals surface area contributed by atoms with Crippen LogP contribution in [0, 0.1) is 0 Å². The number of methoxy groups -OCH3 is 1. The summed E-state index contributed by atoms with van der Waals surface area (Å²) in [5.41, 5.74) is 0.755. The first-order valence-electron chi connectivity index (χ1n) is 8.39. The van der Waals surface area contributed by atoms with Crippen LogP contribution in [0.2, 0.25) is 0 Å². The lowest BCUT2D eigenvalue weighted by molar-refractivity contribution is -0.143. The van der Waals surface area contributed by atoms with Crippen LogP contribution in [0.3, 0.4) is 0 Å². The van der Waals surface area contributed by atoms with E-state index in [4.69, 9.17) is 14.2 Å². The average Bonchev–Trinajstić information content (AvgIpc) is 2.67. The minimum Gasteiger partial charge on any atom is -0.497 e. The molecule has 1 N–H and O–H groups in total. The molecule has 6 heteroatoms. The third-order valence-electron chi connectivity index (χ3n) is 3.62. The van der Waals surface area contributed by atoms with Crippen LogP contribution in [0.15, 0.2) is 54.6 Å². The van der Waals surface area contributed by atoms with Gasteiger partial charge in [-0.05, 0) is 36.8 Å². The Labute approximate surface area is 153 Å². The van der Waals surface area contributed by atoms with Crippen LogP contribution in [0.5, 0.6) is 11.5 Å². The first kappa shape index (κ1) is 19.3. The lowest BCUT2D eigenvalue weighted by atomic mass is 10.0. The highest BCUT2D eigenvalue weighted by Crippen LogP contribution is 2.22. The smallest absolute Gasteiger partial charge is 0.308 e. The lowest BCUT2D eigenvalue weighted by Gasteiger charge is -2.19. The van der Waals surface area contributed by atoms with Crippen molar-refractivity contribution in [3.63, 3.8) is 0 Å². The molecule has 138 valence electrons. The van der Waals surface area contributed by atoms with Crippen molar-refractivity contribution in [2.45, 2.75) is 19.4 Å². The monoisotopic (exact) mass is 357 g/mol. The summed E-state index contributed by atoms with van der Waals surface area (Å²) in [5.74, 6) is 0.535. The Morgan fingerprint density at radius 1 is 1.04 bits per heavy atom. The zero-order valence-corrected chi connectivity index (χ0v) is 14.9. The molecule has 1 atom stereocenters. The molecule has 0 unspecified atom stereocenters. The highest BCUT2D eigenvalue weighted by Gasteiger charge is 2.20. The Balaban J connectivity index is 2.04. The molecule has 0 saturated heterocycles. The van der Waals surface area contributed by atoms with Crippen molar-refractivity contribution < 1.29 is 23.8 Å². The van der Waals surface area contributed by atoms with Crippen LogP contribution in [-0.2, 0) is 14.3 Å². The maximum atomic E-state index is 12.3. The molecular formula is C20H23NO5. The summed E-state index contributed by atoms with van der Waals surface area (Å²) in [4.78, 5) is 24.2. The van der Waals surface area contributed by atoms with E-state index in [2.05, 4.69) is 5.32 Å². The Morgan fingerprint density at radius 2 is 1.77 bits per heavy atom. The predicted molar refractivity (Wildman–Crippen MR) is 97.1 cm³/mol. The molecule has 0 spiro atoms. The number of carbonyl (C=O) groups excluding carboxylic acids is 2. The highest BCUT2D eigenvalue weighted by molar-refractivity contribution is 5.79. The zero-order valence-electron chi connectivity index (χ0n) is 14.9. The summed E-state index contributed by atoms with van der Waals surface area (Å²) in [6.45, 7) is 1.88. The normalized spacial score (nSPS) is 11.3. The molecule has 2 aromatic rings. The van der Waals surface area contributed by atoms with E-state index in [0.29, 0.717) is 11.5 Å². The van der Waals surface area contributed by atoms with Gasteiger partial charge in [0.05, 0.1) is 26.2 Å². The molecule has 2 aromatic carbocycles. The summed E-state index contributed by atoms with van der Waals surface area (Å²) in [6.07, 6.45) is 0.0259. The number of esters is 1. The molecule has 0 aliphatic carbocycles. The predicted octanol–water partition coefficient (Wildman–Crippen LogP) is 2.88. The van der Waals surface area contributed by atoms with E-state index in [9.17, 15) is 9.59 Å². The fourth-order valence-corrected chi connectivity index (χ4v) is 2.40. The quantitative estimate of drug-likeness (QED) is 0.699. The van der Waals surface area contributed by atoms with Gasteiger partial charge in [0, 0.05) is 0 Å². The van der Waals surface area contributed by atoms with Gasteiger partial charge in [-0.2, -0.15) is 0 Å². The molecule has 0 aliphatic rings. The van der Waals surface area contributed by atoms with Gasteiger partial charge < -0.3 is 19.5 Å². The van der Waals surface area contributed by atoms with Gasteiger partial charge in [-0.1, -0.05) is 30.3 Å². The number of rotatable bonds is 9. The molecular weight excluding hydrogens is 334 g/mol. The van der Waals surface area contributed by atoms with E-state index >= 15 is 0 Å². The van der Waals surface area contributed by atoms with Crippen molar-refractivity contribution >= 4 is 11.9 Å². The van der Waals surface area contributed by atoms with E-state index < -0.39 is 6.04 Å². The Kier molecular flexibility index (Phi) is 7.49. The molecule has 1 amide bonds. The highest BCUT2D eigenvalue weighted by atomic mass is 16.5. The van der Waals surface area contributed by atoms with E-state index in [-0.39, 0.29) is 31.5 Å². The van der Waals surface area contributed by atoms with Crippen molar-refractivity contribution in [3.05, 3.63) is 60.2 Å². The van der Waals surface area contributed by atoms with Gasteiger partial charge in [-0.3, -0.25) is 9.59 Å². The average molecular weight is 357 g/mol. The van der Waals surface area contributed by atoms with Crippen LogP contribution in [0.4, 0.5) is 0 Å². The maximum absolute atomic E-state index is 12.3. The largest absolute Gasteiger partial charge is 0.497 e. The van der Waals surface area contributed by atoms with Crippen molar-refractivity contribution in [1.29, 1.82) is 0 Å².